The van der Waals surface area contributed by atoms with Gasteiger partial charge >= 0.3 is 0 Å². The minimum atomic E-state index is 0. The zero-order chi connectivity index (χ0) is 19.1. The Balaban J connectivity index is 0.00000280. The number of rotatable bonds is 7. The van der Waals surface area contributed by atoms with Crippen molar-refractivity contribution in [2.45, 2.75) is 19.5 Å². The Hall–Kier alpha value is -2.20. The van der Waals surface area contributed by atoms with Crippen LogP contribution in [0.4, 0.5) is 0 Å². The van der Waals surface area contributed by atoms with Crippen molar-refractivity contribution in [1.82, 2.24) is 30.1 Å². The second-order valence-corrected chi connectivity index (χ2v) is 6.51. The van der Waals surface area contributed by atoms with Crippen LogP contribution in [-0.4, -0.2) is 52.6 Å². The summed E-state index contributed by atoms with van der Waals surface area (Å²) in [5, 5.41) is 15.2. The van der Waals surface area contributed by atoms with E-state index in [0.717, 1.165) is 30.5 Å². The SMILES string of the molecule is CCNC(=NCc1nnc2ccccn12)NCC(c1ccccc1)N(C)C.I. The van der Waals surface area contributed by atoms with Crippen molar-refractivity contribution in [3.8, 4) is 0 Å². The van der Waals surface area contributed by atoms with Crippen molar-refractivity contribution in [2.24, 2.45) is 4.99 Å². The van der Waals surface area contributed by atoms with Gasteiger partial charge in [0, 0.05) is 19.3 Å². The first-order valence-corrected chi connectivity index (χ1v) is 9.21. The lowest BCUT2D eigenvalue weighted by molar-refractivity contribution is 0.298. The molecule has 3 aromatic rings. The smallest absolute Gasteiger partial charge is 0.191 e. The number of nitrogens with zero attached hydrogens (tertiary/aromatic N) is 5. The van der Waals surface area contributed by atoms with Crippen molar-refractivity contribution < 1.29 is 0 Å². The molecule has 0 spiro atoms. The summed E-state index contributed by atoms with van der Waals surface area (Å²) in [6.45, 7) is 4.07. The number of nitrogens with one attached hydrogen (secondary N) is 2. The number of hydrogen-bond acceptors (Lipinski definition) is 4. The van der Waals surface area contributed by atoms with Crippen LogP contribution in [0.1, 0.15) is 24.4 Å². The number of fused-ring (bicyclic) bond motifs is 1. The molecule has 150 valence electrons. The topological polar surface area (TPSA) is 69.8 Å². The van der Waals surface area contributed by atoms with Crippen LogP contribution in [0.25, 0.3) is 5.65 Å². The fourth-order valence-electron chi connectivity index (χ4n) is 2.96. The van der Waals surface area contributed by atoms with Gasteiger partial charge in [0.25, 0.3) is 0 Å². The van der Waals surface area contributed by atoms with Crippen LogP contribution in [-0.2, 0) is 6.54 Å². The van der Waals surface area contributed by atoms with Crippen LogP contribution < -0.4 is 10.6 Å². The molecule has 0 amide bonds. The number of guanidine groups is 1. The number of halogens is 1. The summed E-state index contributed by atoms with van der Waals surface area (Å²) >= 11 is 0. The van der Waals surface area contributed by atoms with E-state index in [1.807, 2.05) is 34.9 Å². The molecule has 1 atom stereocenters. The van der Waals surface area contributed by atoms with E-state index in [9.17, 15) is 0 Å². The maximum absolute atomic E-state index is 4.68. The van der Waals surface area contributed by atoms with Gasteiger partial charge in [-0.3, -0.25) is 4.40 Å². The van der Waals surface area contributed by atoms with Crippen LogP contribution in [0.15, 0.2) is 59.7 Å². The Labute approximate surface area is 183 Å². The molecule has 0 saturated heterocycles. The summed E-state index contributed by atoms with van der Waals surface area (Å²) in [6, 6.07) is 16.6. The van der Waals surface area contributed by atoms with Crippen LogP contribution >= 0.6 is 24.0 Å². The highest BCUT2D eigenvalue weighted by atomic mass is 127. The van der Waals surface area contributed by atoms with Crippen LogP contribution in [0.3, 0.4) is 0 Å². The third-order valence-electron chi connectivity index (χ3n) is 4.38. The summed E-state index contributed by atoms with van der Waals surface area (Å²) in [7, 11) is 4.18. The van der Waals surface area contributed by atoms with Gasteiger partial charge in [-0.2, -0.15) is 0 Å². The molecule has 7 nitrogen and oxygen atoms in total. The molecule has 0 bridgehead atoms. The first-order valence-electron chi connectivity index (χ1n) is 9.21. The van der Waals surface area contributed by atoms with E-state index in [1.54, 1.807) is 0 Å². The maximum atomic E-state index is 4.68. The van der Waals surface area contributed by atoms with Gasteiger partial charge in [0.05, 0.1) is 6.04 Å². The Kier molecular flexibility index (Phi) is 8.65. The second-order valence-electron chi connectivity index (χ2n) is 6.51. The Morgan fingerprint density at radius 2 is 1.82 bits per heavy atom. The average molecular weight is 493 g/mol. The first kappa shape index (κ1) is 22.1. The van der Waals surface area contributed by atoms with E-state index in [2.05, 4.69) is 76.0 Å². The van der Waals surface area contributed by atoms with Gasteiger partial charge in [-0.15, -0.1) is 34.2 Å². The molecule has 0 aliphatic heterocycles. The van der Waals surface area contributed by atoms with E-state index < -0.39 is 0 Å². The molecule has 2 aromatic heterocycles. The fourth-order valence-corrected chi connectivity index (χ4v) is 2.96. The van der Waals surface area contributed by atoms with Gasteiger partial charge in [0.15, 0.2) is 17.4 Å². The summed E-state index contributed by atoms with van der Waals surface area (Å²) in [5.41, 5.74) is 2.10. The number of aromatic nitrogens is 3. The monoisotopic (exact) mass is 493 g/mol. The minimum Gasteiger partial charge on any atom is -0.357 e. The maximum Gasteiger partial charge on any atom is 0.191 e. The molecule has 0 aliphatic rings. The minimum absolute atomic E-state index is 0. The van der Waals surface area contributed by atoms with Gasteiger partial charge in [-0.25, -0.2) is 4.99 Å². The van der Waals surface area contributed by atoms with Crippen LogP contribution in [0.2, 0.25) is 0 Å². The third-order valence-corrected chi connectivity index (χ3v) is 4.38. The van der Waals surface area contributed by atoms with Gasteiger partial charge in [-0.1, -0.05) is 36.4 Å². The predicted molar refractivity (Wildman–Crippen MR) is 124 cm³/mol. The van der Waals surface area contributed by atoms with E-state index in [4.69, 9.17) is 0 Å². The van der Waals surface area contributed by atoms with Crippen molar-refractivity contribution in [1.29, 1.82) is 0 Å². The number of benzene rings is 1. The molecule has 2 N–H and O–H groups in total. The van der Waals surface area contributed by atoms with Crippen molar-refractivity contribution in [2.75, 3.05) is 27.2 Å². The highest BCUT2D eigenvalue weighted by Gasteiger charge is 2.14. The molecule has 0 aliphatic carbocycles. The number of likely N-dealkylation sites (N-methyl/N-ethyl adjacent to an activating group) is 1. The molecule has 0 saturated carbocycles. The molecule has 3 rings (SSSR count). The molecule has 0 fully saturated rings. The Bertz CT molecular complexity index is 876. The standard InChI is InChI=1S/C20H27N7.HI/c1-4-21-20(22-14-17(26(2)3)16-10-6-5-7-11-16)23-15-19-25-24-18-12-8-9-13-27(18)19;/h5-13,17H,4,14-15H2,1-3H3,(H2,21,22,23);1H. The molecule has 8 heteroatoms. The van der Waals surface area contributed by atoms with Crippen molar-refractivity contribution in [3.63, 3.8) is 0 Å². The molecule has 1 aromatic carbocycles. The predicted octanol–water partition coefficient (Wildman–Crippen LogP) is 2.71. The fraction of sp³-hybridized carbons (Fsp3) is 0.350. The van der Waals surface area contributed by atoms with Crippen molar-refractivity contribution in [3.05, 3.63) is 66.1 Å². The quantitative estimate of drug-likeness (QED) is 0.301. The van der Waals surface area contributed by atoms with Crippen LogP contribution in [0, 0.1) is 0 Å². The van der Waals surface area contributed by atoms with Gasteiger partial charge in [0.1, 0.15) is 6.54 Å². The lowest BCUT2D eigenvalue weighted by atomic mass is 10.1. The summed E-state index contributed by atoms with van der Waals surface area (Å²) in [5.74, 6) is 1.59. The average Bonchev–Trinajstić information content (AvgIpc) is 3.10. The zero-order valence-electron chi connectivity index (χ0n) is 16.5. The molecular formula is C20H28IN7. The normalized spacial score (nSPS) is 12.6. The molecule has 1 unspecified atom stereocenters. The van der Waals surface area contributed by atoms with Crippen LogP contribution in [0.5, 0.6) is 0 Å². The summed E-state index contributed by atoms with van der Waals surface area (Å²) in [6.07, 6.45) is 1.96. The number of pyridine rings is 1. The van der Waals surface area contributed by atoms with Gasteiger partial charge < -0.3 is 15.5 Å². The zero-order valence-corrected chi connectivity index (χ0v) is 18.9. The van der Waals surface area contributed by atoms with E-state index in [-0.39, 0.29) is 30.0 Å². The highest BCUT2D eigenvalue weighted by Crippen LogP contribution is 2.16. The lowest BCUT2D eigenvalue weighted by Crippen LogP contribution is -2.41. The number of aliphatic imine (C=N–C) groups is 1. The number of hydrogen-bond donors (Lipinski definition) is 2. The first-order chi connectivity index (χ1) is 13.2. The highest BCUT2D eigenvalue weighted by molar-refractivity contribution is 14.0. The van der Waals surface area contributed by atoms with Gasteiger partial charge in [-0.05, 0) is 38.7 Å². The molecule has 28 heavy (non-hydrogen) atoms. The lowest BCUT2D eigenvalue weighted by Gasteiger charge is -2.26. The van der Waals surface area contributed by atoms with E-state index in [0.29, 0.717) is 6.54 Å². The molecule has 2 heterocycles. The third kappa shape index (κ3) is 5.65. The summed E-state index contributed by atoms with van der Waals surface area (Å²) in [4.78, 5) is 6.89. The molecule has 0 radical (unpaired) electrons. The Morgan fingerprint density at radius 1 is 1.07 bits per heavy atom. The molecular weight excluding hydrogens is 465 g/mol. The largest absolute Gasteiger partial charge is 0.357 e. The second kappa shape index (κ2) is 11.0. The summed E-state index contributed by atoms with van der Waals surface area (Å²) < 4.78 is 1.96. The van der Waals surface area contributed by atoms with E-state index >= 15 is 0 Å². The Morgan fingerprint density at radius 3 is 2.54 bits per heavy atom. The van der Waals surface area contributed by atoms with Crippen molar-refractivity contribution >= 4 is 35.6 Å². The van der Waals surface area contributed by atoms with Gasteiger partial charge in [0.2, 0.25) is 0 Å². The van der Waals surface area contributed by atoms with E-state index in [1.165, 1.54) is 5.56 Å².